The van der Waals surface area contributed by atoms with Gasteiger partial charge in [-0.15, -0.1) is 0 Å². The summed E-state index contributed by atoms with van der Waals surface area (Å²) in [5, 5.41) is 2.54. The summed E-state index contributed by atoms with van der Waals surface area (Å²) in [6.07, 6.45) is -2.39. The Morgan fingerprint density at radius 3 is 2.00 bits per heavy atom. The van der Waals surface area contributed by atoms with Crippen LogP contribution in [-0.4, -0.2) is 69.3 Å². The molecule has 0 aromatic rings. The minimum absolute atomic E-state index is 0.168. The first-order valence-electron chi connectivity index (χ1n) is 9.71. The highest BCUT2D eigenvalue weighted by Gasteiger charge is 2.73. The summed E-state index contributed by atoms with van der Waals surface area (Å²) in [7, 11) is 2.18. The molecule has 0 aromatic carbocycles. The number of hydrogen-bond acceptors (Lipinski definition) is 12. The molecule has 0 radical (unpaired) electrons. The van der Waals surface area contributed by atoms with Crippen LogP contribution < -0.4 is 5.32 Å². The fourth-order valence-corrected chi connectivity index (χ4v) is 3.82. The summed E-state index contributed by atoms with van der Waals surface area (Å²) >= 11 is 0. The third-order valence-electron chi connectivity index (χ3n) is 5.05. The maximum absolute atomic E-state index is 12.9. The van der Waals surface area contributed by atoms with E-state index in [1.54, 1.807) is 20.8 Å². The molecule has 1 amide bonds. The number of methoxy groups -OCH3 is 2. The van der Waals surface area contributed by atoms with E-state index in [0.717, 1.165) is 14.2 Å². The van der Waals surface area contributed by atoms with Crippen molar-refractivity contribution in [3.8, 4) is 0 Å². The van der Waals surface area contributed by atoms with Crippen molar-refractivity contribution in [2.45, 2.75) is 44.8 Å². The largest absolute Gasteiger partial charge is 0.510 e. The van der Waals surface area contributed by atoms with Gasteiger partial charge in [-0.05, 0) is 39.5 Å². The summed E-state index contributed by atoms with van der Waals surface area (Å²) in [6.45, 7) is 3.54. The van der Waals surface area contributed by atoms with Gasteiger partial charge in [0.2, 0.25) is 13.6 Å². The van der Waals surface area contributed by atoms with Gasteiger partial charge in [-0.25, -0.2) is 19.2 Å². The van der Waals surface area contributed by atoms with E-state index in [4.69, 9.17) is 14.2 Å². The molecule has 4 atom stereocenters. The van der Waals surface area contributed by atoms with Gasteiger partial charge < -0.3 is 38.5 Å². The molecule has 180 valence electrons. The van der Waals surface area contributed by atoms with Crippen molar-refractivity contribution in [1.82, 2.24) is 5.32 Å². The molecule has 0 spiro atoms. The van der Waals surface area contributed by atoms with Crippen LogP contribution in [0.25, 0.3) is 0 Å². The second-order valence-electron chi connectivity index (χ2n) is 8.18. The fraction of sp³-hybridized carbons (Fsp3) is 0.737. The van der Waals surface area contributed by atoms with Crippen molar-refractivity contribution in [2.75, 3.05) is 27.8 Å². The van der Waals surface area contributed by atoms with E-state index in [-0.39, 0.29) is 12.3 Å². The lowest BCUT2D eigenvalue weighted by Crippen LogP contribution is -2.57. The summed E-state index contributed by atoms with van der Waals surface area (Å²) in [6, 6.07) is 0. The van der Waals surface area contributed by atoms with Crippen LogP contribution in [0.3, 0.4) is 0 Å². The number of amides is 1. The Kier molecular flexibility index (Phi) is 7.75. The molecular formula is C19H27NO12. The van der Waals surface area contributed by atoms with Gasteiger partial charge in [-0.3, -0.25) is 4.79 Å². The highest BCUT2D eigenvalue weighted by molar-refractivity contribution is 5.90. The Hall–Kier alpha value is -3.25. The lowest BCUT2D eigenvalue weighted by molar-refractivity contribution is -0.163. The van der Waals surface area contributed by atoms with Crippen LogP contribution in [0.2, 0.25) is 0 Å². The molecule has 2 aliphatic carbocycles. The molecule has 13 nitrogen and oxygen atoms in total. The monoisotopic (exact) mass is 461 g/mol. The number of hydrogen-bond donors (Lipinski definition) is 1. The van der Waals surface area contributed by atoms with E-state index in [1.807, 2.05) is 0 Å². The molecule has 0 heterocycles. The minimum atomic E-state index is -1.60. The Labute approximate surface area is 183 Å². The molecule has 1 N–H and O–H groups in total. The molecule has 13 heteroatoms. The Morgan fingerprint density at radius 1 is 0.906 bits per heavy atom. The SMILES string of the molecule is COC(=O)OCOC(=O)[C@H]1[C@@H]2CC[C@@](NC(=O)OC(C)(C)C)(C(=O)OCOC(=O)OC)[C@@H]21. The number of esters is 2. The Morgan fingerprint density at radius 2 is 1.47 bits per heavy atom. The molecule has 0 aromatic heterocycles. The van der Waals surface area contributed by atoms with Crippen LogP contribution >= 0.6 is 0 Å². The second kappa shape index (κ2) is 9.92. The predicted molar refractivity (Wildman–Crippen MR) is 101 cm³/mol. The highest BCUT2D eigenvalue weighted by Crippen LogP contribution is 2.63. The number of alkyl carbamates (subject to hydrolysis) is 1. The molecule has 32 heavy (non-hydrogen) atoms. The van der Waals surface area contributed by atoms with Gasteiger partial charge in [0.1, 0.15) is 11.1 Å². The zero-order chi connectivity index (χ0) is 24.1. The first kappa shape index (κ1) is 25.0. The number of fused-ring (bicyclic) bond motifs is 1. The average Bonchev–Trinajstić information content (AvgIpc) is 3.33. The summed E-state index contributed by atoms with van der Waals surface area (Å²) in [4.78, 5) is 59.8. The maximum Gasteiger partial charge on any atom is 0.510 e. The van der Waals surface area contributed by atoms with Gasteiger partial charge in [0.05, 0.1) is 20.1 Å². The summed E-state index contributed by atoms with van der Waals surface area (Å²) in [5.74, 6) is -3.27. The molecule has 0 saturated heterocycles. The van der Waals surface area contributed by atoms with Gasteiger partial charge in [0.15, 0.2) is 0 Å². The third kappa shape index (κ3) is 5.92. The highest BCUT2D eigenvalue weighted by atomic mass is 16.8. The summed E-state index contributed by atoms with van der Waals surface area (Å²) < 4.78 is 32.8. The van der Waals surface area contributed by atoms with Crippen LogP contribution in [0.1, 0.15) is 33.6 Å². The normalized spacial score (nSPS) is 25.5. The van der Waals surface area contributed by atoms with E-state index in [1.165, 1.54) is 0 Å². The molecule has 0 unspecified atom stereocenters. The molecule has 2 rings (SSSR count). The fourth-order valence-electron chi connectivity index (χ4n) is 3.82. The number of carbonyl (C=O) groups is 5. The molecular weight excluding hydrogens is 434 g/mol. The summed E-state index contributed by atoms with van der Waals surface area (Å²) in [5.41, 5.74) is -2.44. The molecule has 0 aliphatic heterocycles. The third-order valence-corrected chi connectivity index (χ3v) is 5.05. The zero-order valence-corrected chi connectivity index (χ0v) is 18.5. The van der Waals surface area contributed by atoms with Crippen molar-refractivity contribution < 1.29 is 57.1 Å². The lowest BCUT2D eigenvalue weighted by Gasteiger charge is -2.31. The van der Waals surface area contributed by atoms with Crippen LogP contribution in [0.5, 0.6) is 0 Å². The molecule has 2 saturated carbocycles. The van der Waals surface area contributed by atoms with Gasteiger partial charge >= 0.3 is 30.3 Å². The van der Waals surface area contributed by atoms with Crippen LogP contribution in [-0.2, 0) is 42.7 Å². The van der Waals surface area contributed by atoms with E-state index in [0.29, 0.717) is 6.42 Å². The topological polar surface area (TPSA) is 162 Å². The van der Waals surface area contributed by atoms with E-state index in [9.17, 15) is 24.0 Å². The predicted octanol–water partition coefficient (Wildman–Crippen LogP) is 1.47. The van der Waals surface area contributed by atoms with Crippen LogP contribution in [0, 0.1) is 17.8 Å². The quantitative estimate of drug-likeness (QED) is 0.330. The van der Waals surface area contributed by atoms with Crippen molar-refractivity contribution in [2.24, 2.45) is 17.8 Å². The lowest BCUT2D eigenvalue weighted by atomic mass is 9.90. The average molecular weight is 461 g/mol. The van der Waals surface area contributed by atoms with Crippen molar-refractivity contribution in [3.05, 3.63) is 0 Å². The Bertz CT molecular complexity index is 760. The minimum Gasteiger partial charge on any atom is -0.444 e. The van der Waals surface area contributed by atoms with Crippen LogP contribution in [0.4, 0.5) is 14.4 Å². The van der Waals surface area contributed by atoms with Crippen molar-refractivity contribution in [3.63, 3.8) is 0 Å². The molecule has 2 aliphatic rings. The van der Waals surface area contributed by atoms with E-state index in [2.05, 4.69) is 24.3 Å². The molecule has 0 bridgehead atoms. The Balaban J connectivity index is 2.10. The number of carbonyl (C=O) groups excluding carboxylic acids is 5. The number of nitrogens with one attached hydrogen (secondary N) is 1. The van der Waals surface area contributed by atoms with E-state index >= 15 is 0 Å². The van der Waals surface area contributed by atoms with Crippen molar-refractivity contribution in [1.29, 1.82) is 0 Å². The van der Waals surface area contributed by atoms with Crippen molar-refractivity contribution >= 4 is 30.3 Å². The molecule has 2 fully saturated rings. The van der Waals surface area contributed by atoms with Gasteiger partial charge in [0.25, 0.3) is 0 Å². The number of rotatable bonds is 7. The zero-order valence-electron chi connectivity index (χ0n) is 18.5. The second-order valence-corrected chi connectivity index (χ2v) is 8.18. The maximum atomic E-state index is 12.9. The van der Waals surface area contributed by atoms with Gasteiger partial charge in [-0.2, -0.15) is 0 Å². The van der Waals surface area contributed by atoms with Crippen LogP contribution in [0.15, 0.2) is 0 Å². The van der Waals surface area contributed by atoms with E-state index < -0.39 is 66.9 Å². The smallest absolute Gasteiger partial charge is 0.444 e. The van der Waals surface area contributed by atoms with Gasteiger partial charge in [0, 0.05) is 5.92 Å². The first-order chi connectivity index (χ1) is 14.9. The number of ether oxygens (including phenoxy) is 7. The first-order valence-corrected chi connectivity index (χ1v) is 9.71. The standard InChI is InChI=1S/C19H27NO12/c1-18(2,3)32-15(23)20-19(14(22)29-9-31-17(25)27-5)7-6-10-11(12(10)19)13(21)28-8-30-16(24)26-4/h10-12H,6-9H2,1-5H3,(H,20,23)/t10-,11-,12-,19-/m0/s1. The van der Waals surface area contributed by atoms with Gasteiger partial charge in [-0.1, -0.05) is 0 Å².